The van der Waals surface area contributed by atoms with Crippen LogP contribution in [-0.4, -0.2) is 18.5 Å². The lowest BCUT2D eigenvalue weighted by Crippen LogP contribution is -2.25. The number of hydrogen-bond donors (Lipinski definition) is 0. The Labute approximate surface area is 80.3 Å². The van der Waals surface area contributed by atoms with Gasteiger partial charge in [0, 0.05) is 13.0 Å². The zero-order valence-corrected chi connectivity index (χ0v) is 8.84. The molecule has 1 heterocycles. The van der Waals surface area contributed by atoms with Gasteiger partial charge in [-0.3, -0.25) is 0 Å². The third-order valence-corrected chi connectivity index (χ3v) is 1.79. The first-order chi connectivity index (χ1) is 6.08. The molecule has 1 atom stereocenters. The average molecular weight is 188 g/mol. The maximum Gasteiger partial charge on any atom is 0.191 e. The van der Waals surface area contributed by atoms with Gasteiger partial charge in [-0.2, -0.15) is 0 Å². The van der Waals surface area contributed by atoms with Crippen LogP contribution in [0.1, 0.15) is 46.5 Å². The molecule has 1 unspecified atom stereocenters. The number of ether oxygens (including phenoxy) is 1. The highest BCUT2D eigenvalue weighted by Gasteiger charge is 2.18. The van der Waals surface area contributed by atoms with Crippen molar-refractivity contribution >= 4 is 0 Å². The van der Waals surface area contributed by atoms with Gasteiger partial charge in [0.05, 0.1) is 5.60 Å². The molecule has 0 saturated carbocycles. The maximum absolute atomic E-state index is 5.45. The van der Waals surface area contributed by atoms with Crippen LogP contribution in [0.4, 0.5) is 0 Å². The molecule has 0 amide bonds. The van der Waals surface area contributed by atoms with Crippen molar-refractivity contribution < 1.29 is 14.5 Å². The molecule has 13 heavy (non-hydrogen) atoms. The van der Waals surface area contributed by atoms with Crippen molar-refractivity contribution in [1.29, 1.82) is 0 Å². The van der Waals surface area contributed by atoms with Crippen molar-refractivity contribution in [2.45, 2.75) is 58.3 Å². The summed E-state index contributed by atoms with van der Waals surface area (Å²) in [7, 11) is 0. The Hall–Kier alpha value is -0.120. The van der Waals surface area contributed by atoms with E-state index in [4.69, 9.17) is 14.5 Å². The first-order valence-electron chi connectivity index (χ1n) is 5.04. The second-order valence-electron chi connectivity index (χ2n) is 4.44. The van der Waals surface area contributed by atoms with E-state index in [0.717, 1.165) is 25.9 Å². The Morgan fingerprint density at radius 2 is 1.92 bits per heavy atom. The van der Waals surface area contributed by atoms with E-state index in [-0.39, 0.29) is 11.9 Å². The van der Waals surface area contributed by atoms with E-state index in [1.807, 2.05) is 20.8 Å². The molecule has 0 aromatic carbocycles. The highest BCUT2D eigenvalue weighted by molar-refractivity contribution is 4.56. The van der Waals surface area contributed by atoms with Crippen LogP contribution in [-0.2, 0) is 14.5 Å². The Morgan fingerprint density at radius 1 is 1.15 bits per heavy atom. The van der Waals surface area contributed by atoms with Crippen LogP contribution >= 0.6 is 0 Å². The van der Waals surface area contributed by atoms with Crippen molar-refractivity contribution in [3.8, 4) is 0 Å². The summed E-state index contributed by atoms with van der Waals surface area (Å²) >= 11 is 0. The summed E-state index contributed by atoms with van der Waals surface area (Å²) < 4.78 is 5.45. The van der Waals surface area contributed by atoms with E-state index in [1.54, 1.807) is 0 Å². The Morgan fingerprint density at radius 3 is 2.62 bits per heavy atom. The zero-order valence-electron chi connectivity index (χ0n) is 8.84. The molecule has 1 rings (SSSR count). The third-order valence-electron chi connectivity index (χ3n) is 1.79. The summed E-state index contributed by atoms with van der Waals surface area (Å²) in [5.74, 6) is 0. The Bertz CT molecular complexity index is 132. The van der Waals surface area contributed by atoms with Crippen LogP contribution in [0.3, 0.4) is 0 Å². The first kappa shape index (κ1) is 11.0. The minimum Gasteiger partial charge on any atom is -0.350 e. The molecule has 1 fully saturated rings. The van der Waals surface area contributed by atoms with Gasteiger partial charge in [0.2, 0.25) is 0 Å². The molecule has 0 aliphatic carbocycles. The van der Waals surface area contributed by atoms with E-state index in [1.165, 1.54) is 6.42 Å². The molecule has 0 aromatic heterocycles. The predicted molar refractivity (Wildman–Crippen MR) is 50.1 cm³/mol. The second kappa shape index (κ2) is 4.94. The Kier molecular flexibility index (Phi) is 4.16. The smallest absolute Gasteiger partial charge is 0.191 e. The summed E-state index contributed by atoms with van der Waals surface area (Å²) in [4.78, 5) is 10.4. The number of rotatable bonds is 2. The third kappa shape index (κ3) is 5.24. The predicted octanol–water partition coefficient (Wildman–Crippen LogP) is 2.65. The van der Waals surface area contributed by atoms with Gasteiger partial charge in [-0.05, 0) is 33.6 Å². The molecule has 0 aromatic rings. The van der Waals surface area contributed by atoms with Crippen molar-refractivity contribution in [2.75, 3.05) is 6.61 Å². The van der Waals surface area contributed by atoms with E-state index in [9.17, 15) is 0 Å². The molecule has 1 aliphatic rings. The lowest BCUT2D eigenvalue weighted by atomic mass is 10.2. The van der Waals surface area contributed by atoms with Crippen LogP contribution in [0, 0.1) is 0 Å². The molecule has 0 N–H and O–H groups in total. The van der Waals surface area contributed by atoms with Crippen LogP contribution < -0.4 is 0 Å². The normalized spacial score (nSPS) is 25.6. The van der Waals surface area contributed by atoms with Gasteiger partial charge >= 0.3 is 0 Å². The number of hydrogen-bond acceptors (Lipinski definition) is 3. The minimum absolute atomic E-state index is 0.165. The van der Waals surface area contributed by atoms with Gasteiger partial charge in [-0.1, -0.05) is 6.42 Å². The molecule has 0 bridgehead atoms. The zero-order chi connectivity index (χ0) is 9.73. The lowest BCUT2D eigenvalue weighted by Gasteiger charge is -2.22. The fourth-order valence-electron chi connectivity index (χ4n) is 1.16. The van der Waals surface area contributed by atoms with Gasteiger partial charge in [-0.25, -0.2) is 9.78 Å². The summed E-state index contributed by atoms with van der Waals surface area (Å²) in [5, 5.41) is 0. The molecule has 3 nitrogen and oxygen atoms in total. The standard InChI is InChI=1S/C10H20O3/c1-10(2,3)13-12-9-7-5-4-6-8-11-9/h9H,4-8H2,1-3H3. The van der Waals surface area contributed by atoms with Crippen LogP contribution in [0.2, 0.25) is 0 Å². The highest BCUT2D eigenvalue weighted by Crippen LogP contribution is 2.17. The fraction of sp³-hybridized carbons (Fsp3) is 1.00. The van der Waals surface area contributed by atoms with Gasteiger partial charge in [-0.15, -0.1) is 0 Å². The average Bonchev–Trinajstić information content (AvgIpc) is 2.26. The second-order valence-corrected chi connectivity index (χ2v) is 4.44. The molecule has 3 heteroatoms. The largest absolute Gasteiger partial charge is 0.350 e. The highest BCUT2D eigenvalue weighted by atomic mass is 17.2. The summed E-state index contributed by atoms with van der Waals surface area (Å²) in [6.45, 7) is 6.68. The molecule has 1 aliphatic heterocycles. The quantitative estimate of drug-likeness (QED) is 0.492. The van der Waals surface area contributed by atoms with Crippen LogP contribution in [0.15, 0.2) is 0 Å². The van der Waals surface area contributed by atoms with Crippen LogP contribution in [0.25, 0.3) is 0 Å². The van der Waals surface area contributed by atoms with E-state index >= 15 is 0 Å². The molecule has 0 radical (unpaired) electrons. The molecule has 0 spiro atoms. The van der Waals surface area contributed by atoms with E-state index < -0.39 is 0 Å². The van der Waals surface area contributed by atoms with Crippen molar-refractivity contribution in [1.82, 2.24) is 0 Å². The first-order valence-corrected chi connectivity index (χ1v) is 5.04. The molecule has 78 valence electrons. The molecular formula is C10H20O3. The van der Waals surface area contributed by atoms with E-state index in [2.05, 4.69) is 0 Å². The van der Waals surface area contributed by atoms with Crippen molar-refractivity contribution in [3.63, 3.8) is 0 Å². The molecule has 1 saturated heterocycles. The summed E-state index contributed by atoms with van der Waals surface area (Å²) in [6.07, 6.45) is 4.31. The van der Waals surface area contributed by atoms with E-state index in [0.29, 0.717) is 0 Å². The topological polar surface area (TPSA) is 27.7 Å². The van der Waals surface area contributed by atoms with Crippen molar-refractivity contribution in [3.05, 3.63) is 0 Å². The summed E-state index contributed by atoms with van der Waals surface area (Å²) in [5.41, 5.74) is -0.254. The van der Waals surface area contributed by atoms with Crippen molar-refractivity contribution in [2.24, 2.45) is 0 Å². The minimum atomic E-state index is -0.254. The lowest BCUT2D eigenvalue weighted by molar-refractivity contribution is -0.415. The van der Waals surface area contributed by atoms with Gasteiger partial charge in [0.25, 0.3) is 0 Å². The SMILES string of the molecule is CC(C)(C)OOC1CCCCCO1. The monoisotopic (exact) mass is 188 g/mol. The van der Waals surface area contributed by atoms with Crippen LogP contribution in [0.5, 0.6) is 0 Å². The fourth-order valence-corrected chi connectivity index (χ4v) is 1.16. The maximum atomic E-state index is 5.45. The van der Waals surface area contributed by atoms with Gasteiger partial charge < -0.3 is 4.74 Å². The van der Waals surface area contributed by atoms with Gasteiger partial charge in [0.15, 0.2) is 6.29 Å². The van der Waals surface area contributed by atoms with Gasteiger partial charge in [0.1, 0.15) is 0 Å². The summed E-state index contributed by atoms with van der Waals surface area (Å²) in [6, 6.07) is 0. The Balaban J connectivity index is 2.19. The molecular weight excluding hydrogens is 168 g/mol.